The number of carbonyl (C=O) groups is 3. The number of carboxylic acids is 1. The second kappa shape index (κ2) is 10.6. The summed E-state index contributed by atoms with van der Waals surface area (Å²) >= 11 is 0. The number of nitrogens with one attached hydrogen (secondary N) is 2. The molecule has 0 saturated carbocycles. The summed E-state index contributed by atoms with van der Waals surface area (Å²) in [5, 5.41) is 13.9. The summed E-state index contributed by atoms with van der Waals surface area (Å²) in [4.78, 5) is 42.3. The van der Waals surface area contributed by atoms with Gasteiger partial charge >= 0.3 is 12.1 Å². The van der Waals surface area contributed by atoms with Crippen LogP contribution in [0.5, 0.6) is 0 Å². The number of alkyl halides is 3. The van der Waals surface area contributed by atoms with Crippen molar-refractivity contribution >= 4 is 40.7 Å². The number of aliphatic carboxylic acids is 1. The number of benzene rings is 2. The van der Waals surface area contributed by atoms with Crippen molar-refractivity contribution in [2.45, 2.75) is 25.2 Å². The van der Waals surface area contributed by atoms with Crippen molar-refractivity contribution in [3.8, 4) is 0 Å². The predicted molar refractivity (Wildman–Crippen MR) is 116 cm³/mol. The molecule has 2 aromatic carbocycles. The lowest BCUT2D eigenvalue weighted by Crippen LogP contribution is -2.37. The number of fused-ring (bicyclic) bond motifs is 1. The van der Waals surface area contributed by atoms with Crippen LogP contribution in [0.15, 0.2) is 54.9 Å². The molecule has 1 atom stereocenters. The van der Waals surface area contributed by atoms with Gasteiger partial charge in [0, 0.05) is 24.2 Å². The number of carbonyl (C=O) groups excluding carboxylic acids is 2. The Labute approximate surface area is 191 Å². The van der Waals surface area contributed by atoms with Crippen molar-refractivity contribution in [2.75, 3.05) is 11.9 Å². The molecule has 2 heterocycles. The van der Waals surface area contributed by atoms with Crippen molar-refractivity contribution < 1.29 is 32.7 Å². The molecule has 12 heteroatoms. The fourth-order valence-corrected chi connectivity index (χ4v) is 3.31. The maximum absolute atomic E-state index is 12.3. The number of para-hydroxylation sites is 1. The van der Waals surface area contributed by atoms with Crippen LogP contribution >= 0.6 is 0 Å². The standard InChI is InChI=1S/C20H19N5O2.C2HF3O2/c26-13-23-18-8-9-25(20(18)27)11-14-6-7-17-16(10-14)19(22-12-21-17)24-15-4-2-1-3-5-15;3-2(4,5)1(6)7/h1-7,10,12-13,18H,8-9,11H2,(H,23,26)(H,21,22,24);(H,6,7)/t18-;/m0./s1. The third-order valence-corrected chi connectivity index (χ3v) is 4.92. The number of hydrogen-bond donors (Lipinski definition) is 3. The summed E-state index contributed by atoms with van der Waals surface area (Å²) in [6, 6.07) is 15.3. The Morgan fingerprint density at radius 1 is 1.18 bits per heavy atom. The lowest BCUT2D eigenvalue weighted by atomic mass is 10.1. The number of carboxylic acid groups (broad SMARTS) is 1. The van der Waals surface area contributed by atoms with Crippen molar-refractivity contribution in [3.05, 3.63) is 60.4 Å². The van der Waals surface area contributed by atoms with Crippen molar-refractivity contribution in [1.29, 1.82) is 0 Å². The molecule has 1 aliphatic rings. The number of amides is 2. The van der Waals surface area contributed by atoms with Gasteiger partial charge in [-0.15, -0.1) is 0 Å². The highest BCUT2D eigenvalue weighted by Gasteiger charge is 2.38. The lowest BCUT2D eigenvalue weighted by Gasteiger charge is -2.17. The summed E-state index contributed by atoms with van der Waals surface area (Å²) in [6.07, 6.45) is -2.33. The van der Waals surface area contributed by atoms with Gasteiger partial charge in [-0.1, -0.05) is 24.3 Å². The zero-order valence-electron chi connectivity index (χ0n) is 17.6. The van der Waals surface area contributed by atoms with E-state index in [1.807, 2.05) is 48.5 Å². The molecular formula is C22H20F3N5O4. The lowest BCUT2D eigenvalue weighted by molar-refractivity contribution is -0.192. The molecule has 0 spiro atoms. The maximum Gasteiger partial charge on any atom is 0.490 e. The fraction of sp³-hybridized carbons (Fsp3) is 0.227. The van der Waals surface area contributed by atoms with Gasteiger partial charge in [0.1, 0.15) is 18.2 Å². The molecule has 34 heavy (non-hydrogen) atoms. The highest BCUT2D eigenvalue weighted by molar-refractivity contribution is 5.91. The first-order chi connectivity index (χ1) is 16.2. The molecule has 4 rings (SSSR count). The summed E-state index contributed by atoms with van der Waals surface area (Å²) in [5.41, 5.74) is 2.77. The molecule has 1 saturated heterocycles. The van der Waals surface area contributed by atoms with Gasteiger partial charge in [-0.05, 0) is 36.2 Å². The maximum atomic E-state index is 12.3. The third-order valence-electron chi connectivity index (χ3n) is 4.92. The minimum Gasteiger partial charge on any atom is -0.475 e. The van der Waals surface area contributed by atoms with Crippen molar-refractivity contribution in [2.24, 2.45) is 0 Å². The molecule has 1 aromatic heterocycles. The first-order valence-corrected chi connectivity index (χ1v) is 10.0. The smallest absolute Gasteiger partial charge is 0.475 e. The predicted octanol–water partition coefficient (Wildman–Crippen LogP) is 2.85. The van der Waals surface area contributed by atoms with Gasteiger partial charge in [-0.3, -0.25) is 9.59 Å². The van der Waals surface area contributed by atoms with Gasteiger partial charge in [0.15, 0.2) is 0 Å². The Bertz CT molecular complexity index is 1170. The number of halogens is 3. The van der Waals surface area contributed by atoms with Gasteiger partial charge in [0.25, 0.3) is 0 Å². The molecule has 178 valence electrons. The van der Waals surface area contributed by atoms with E-state index < -0.39 is 18.2 Å². The van der Waals surface area contributed by atoms with Crippen LogP contribution in [0.1, 0.15) is 12.0 Å². The molecule has 0 bridgehead atoms. The molecule has 9 nitrogen and oxygen atoms in total. The van der Waals surface area contributed by atoms with Crippen LogP contribution in [-0.2, 0) is 20.9 Å². The monoisotopic (exact) mass is 475 g/mol. The van der Waals surface area contributed by atoms with E-state index in [-0.39, 0.29) is 5.91 Å². The minimum absolute atomic E-state index is 0.0471. The molecule has 3 aromatic rings. The number of anilines is 2. The van der Waals surface area contributed by atoms with E-state index in [1.54, 1.807) is 4.90 Å². The molecule has 0 radical (unpaired) electrons. The van der Waals surface area contributed by atoms with Crippen LogP contribution in [-0.4, -0.2) is 57.0 Å². The molecule has 0 aliphatic carbocycles. The number of rotatable bonds is 6. The largest absolute Gasteiger partial charge is 0.490 e. The topological polar surface area (TPSA) is 125 Å². The van der Waals surface area contributed by atoms with Gasteiger partial charge < -0.3 is 20.6 Å². The van der Waals surface area contributed by atoms with E-state index in [0.29, 0.717) is 25.9 Å². The van der Waals surface area contributed by atoms with Gasteiger partial charge in [-0.2, -0.15) is 13.2 Å². The minimum atomic E-state index is -5.08. The average molecular weight is 475 g/mol. The molecule has 1 aliphatic heterocycles. The normalized spacial score (nSPS) is 15.4. The second-order valence-electron chi connectivity index (χ2n) is 7.25. The van der Waals surface area contributed by atoms with Crippen LogP contribution in [0.2, 0.25) is 0 Å². The van der Waals surface area contributed by atoms with Gasteiger partial charge in [0.05, 0.1) is 5.52 Å². The third kappa shape index (κ3) is 6.18. The number of nitrogens with zero attached hydrogens (tertiary/aromatic N) is 3. The quantitative estimate of drug-likeness (QED) is 0.468. The van der Waals surface area contributed by atoms with Crippen molar-refractivity contribution in [1.82, 2.24) is 20.2 Å². The van der Waals surface area contributed by atoms with Crippen LogP contribution in [0.25, 0.3) is 10.9 Å². The van der Waals surface area contributed by atoms with Crippen molar-refractivity contribution in [3.63, 3.8) is 0 Å². The summed E-state index contributed by atoms with van der Waals surface area (Å²) in [7, 11) is 0. The van der Waals surface area contributed by atoms with Crippen LogP contribution < -0.4 is 10.6 Å². The second-order valence-corrected chi connectivity index (χ2v) is 7.25. The summed E-state index contributed by atoms with van der Waals surface area (Å²) < 4.78 is 31.7. The first kappa shape index (κ1) is 24.4. The van der Waals surface area contributed by atoms with E-state index in [1.165, 1.54) is 6.33 Å². The highest BCUT2D eigenvalue weighted by atomic mass is 19.4. The van der Waals surface area contributed by atoms with E-state index in [4.69, 9.17) is 9.90 Å². The number of aromatic nitrogens is 2. The molecule has 2 amide bonds. The molecule has 0 unspecified atom stereocenters. The zero-order chi connectivity index (χ0) is 24.7. The summed E-state index contributed by atoms with van der Waals surface area (Å²) in [6.45, 7) is 1.12. The van der Waals surface area contributed by atoms with E-state index in [9.17, 15) is 22.8 Å². The van der Waals surface area contributed by atoms with Crippen LogP contribution in [0, 0.1) is 0 Å². The van der Waals surface area contributed by atoms with E-state index in [0.717, 1.165) is 28.0 Å². The Morgan fingerprint density at radius 2 is 1.88 bits per heavy atom. The number of hydrogen-bond acceptors (Lipinski definition) is 6. The van der Waals surface area contributed by atoms with Crippen LogP contribution in [0.4, 0.5) is 24.7 Å². The average Bonchev–Trinajstić information content (AvgIpc) is 3.14. The first-order valence-electron chi connectivity index (χ1n) is 10.0. The van der Waals surface area contributed by atoms with Gasteiger partial charge in [0.2, 0.25) is 12.3 Å². The molecule has 3 N–H and O–H groups in total. The highest BCUT2D eigenvalue weighted by Crippen LogP contribution is 2.25. The van der Waals surface area contributed by atoms with E-state index >= 15 is 0 Å². The van der Waals surface area contributed by atoms with E-state index in [2.05, 4.69) is 20.6 Å². The summed E-state index contributed by atoms with van der Waals surface area (Å²) in [5.74, 6) is -2.08. The molecular weight excluding hydrogens is 455 g/mol. The Kier molecular flexibility index (Phi) is 7.61. The Morgan fingerprint density at radius 3 is 2.53 bits per heavy atom. The fourth-order valence-electron chi connectivity index (χ4n) is 3.31. The Hall–Kier alpha value is -4.22. The molecule has 1 fully saturated rings. The Balaban J connectivity index is 0.000000406. The van der Waals surface area contributed by atoms with Crippen LogP contribution in [0.3, 0.4) is 0 Å². The SMILES string of the molecule is O=C(O)C(F)(F)F.O=CN[C@H]1CCN(Cc2ccc3ncnc(Nc4ccccc4)c3c2)C1=O. The zero-order valence-corrected chi connectivity index (χ0v) is 17.6. The number of likely N-dealkylation sites (tertiary alicyclic amines) is 1. The van der Waals surface area contributed by atoms with Gasteiger partial charge in [-0.25, -0.2) is 14.8 Å².